The van der Waals surface area contributed by atoms with Gasteiger partial charge in [-0.25, -0.2) is 0 Å². The first-order chi connectivity index (χ1) is 12.8. The van der Waals surface area contributed by atoms with E-state index in [1.165, 1.54) is 0 Å². The molecule has 5 heteroatoms. The zero-order chi connectivity index (χ0) is 17.8. The van der Waals surface area contributed by atoms with E-state index in [2.05, 4.69) is 34.6 Å². The smallest absolute Gasteiger partial charge is 0.230 e. The van der Waals surface area contributed by atoms with Gasteiger partial charge in [0.1, 0.15) is 0 Å². The number of nitrogens with one attached hydrogen (secondary N) is 2. The number of aromatic amines is 1. The van der Waals surface area contributed by atoms with Crippen LogP contribution >= 0.6 is 11.8 Å². The third kappa shape index (κ3) is 3.79. The Morgan fingerprint density at radius 3 is 2.77 bits per heavy atom. The number of H-pyrrole nitrogens is 1. The van der Waals surface area contributed by atoms with E-state index in [9.17, 15) is 4.79 Å². The van der Waals surface area contributed by atoms with Crippen molar-refractivity contribution in [3.8, 4) is 11.3 Å². The summed E-state index contributed by atoms with van der Waals surface area (Å²) >= 11 is 1.58. The average Bonchev–Trinajstić information content (AvgIpc) is 3.33. The Morgan fingerprint density at radius 2 is 1.96 bits per heavy atom. The molecule has 134 valence electrons. The van der Waals surface area contributed by atoms with Crippen molar-refractivity contribution in [2.75, 3.05) is 18.9 Å². The van der Waals surface area contributed by atoms with Crippen LogP contribution < -0.4 is 5.32 Å². The van der Waals surface area contributed by atoms with Gasteiger partial charge in [-0.3, -0.25) is 4.79 Å². The largest absolute Gasteiger partial charge is 0.376 e. The molecule has 1 fully saturated rings. The number of para-hydroxylation sites is 1. The van der Waals surface area contributed by atoms with Gasteiger partial charge < -0.3 is 15.0 Å². The zero-order valence-corrected chi connectivity index (χ0v) is 15.4. The molecule has 0 radical (unpaired) electrons. The number of carbonyl (C=O) groups excluding carboxylic acids is 1. The molecule has 0 spiro atoms. The number of rotatable bonds is 6. The first-order valence-corrected chi connectivity index (χ1v) is 9.97. The lowest BCUT2D eigenvalue weighted by atomic mass is 10.1. The maximum absolute atomic E-state index is 12.3. The summed E-state index contributed by atoms with van der Waals surface area (Å²) in [6.45, 7) is 1.42. The van der Waals surface area contributed by atoms with Crippen molar-refractivity contribution >= 4 is 28.6 Å². The molecule has 3 aromatic rings. The van der Waals surface area contributed by atoms with Crippen LogP contribution in [0, 0.1) is 0 Å². The van der Waals surface area contributed by atoms with Crippen LogP contribution in [0.4, 0.5) is 0 Å². The highest BCUT2D eigenvalue weighted by Gasteiger charge is 2.18. The zero-order valence-electron chi connectivity index (χ0n) is 14.5. The molecular weight excluding hydrogens is 344 g/mol. The van der Waals surface area contributed by atoms with Crippen LogP contribution in [0.1, 0.15) is 12.8 Å². The summed E-state index contributed by atoms with van der Waals surface area (Å²) < 4.78 is 5.56. The Hall–Kier alpha value is -2.24. The van der Waals surface area contributed by atoms with Crippen molar-refractivity contribution in [2.45, 2.75) is 23.8 Å². The van der Waals surface area contributed by atoms with E-state index < -0.39 is 0 Å². The fraction of sp³-hybridized carbons (Fsp3) is 0.286. The van der Waals surface area contributed by atoms with Crippen molar-refractivity contribution in [2.24, 2.45) is 0 Å². The Morgan fingerprint density at radius 1 is 1.15 bits per heavy atom. The van der Waals surface area contributed by atoms with Crippen molar-refractivity contribution in [3.05, 3.63) is 54.6 Å². The van der Waals surface area contributed by atoms with Gasteiger partial charge in [0, 0.05) is 29.0 Å². The van der Waals surface area contributed by atoms with Crippen LogP contribution in [0.2, 0.25) is 0 Å². The highest BCUT2D eigenvalue weighted by atomic mass is 32.2. The van der Waals surface area contributed by atoms with Gasteiger partial charge in [-0.15, -0.1) is 11.8 Å². The highest BCUT2D eigenvalue weighted by Crippen LogP contribution is 2.37. The van der Waals surface area contributed by atoms with Crippen LogP contribution in [0.25, 0.3) is 22.2 Å². The van der Waals surface area contributed by atoms with E-state index in [0.29, 0.717) is 12.3 Å². The number of carbonyl (C=O) groups is 1. The molecule has 4 nitrogen and oxygen atoms in total. The summed E-state index contributed by atoms with van der Waals surface area (Å²) in [4.78, 5) is 16.9. The van der Waals surface area contributed by atoms with Gasteiger partial charge >= 0.3 is 0 Å². The van der Waals surface area contributed by atoms with E-state index in [1.54, 1.807) is 11.8 Å². The molecular formula is C21H22N2O2S. The Balaban J connectivity index is 1.50. The topological polar surface area (TPSA) is 54.1 Å². The molecule has 0 aliphatic carbocycles. The predicted molar refractivity (Wildman–Crippen MR) is 106 cm³/mol. The van der Waals surface area contributed by atoms with Crippen molar-refractivity contribution < 1.29 is 9.53 Å². The van der Waals surface area contributed by atoms with Crippen LogP contribution in [-0.2, 0) is 9.53 Å². The number of fused-ring (bicyclic) bond motifs is 1. The fourth-order valence-electron chi connectivity index (χ4n) is 3.30. The number of hydrogen-bond donors (Lipinski definition) is 2. The van der Waals surface area contributed by atoms with Crippen LogP contribution in [-0.4, -0.2) is 35.9 Å². The first-order valence-electron chi connectivity index (χ1n) is 8.98. The third-order valence-corrected chi connectivity index (χ3v) is 5.74. The molecule has 0 saturated carbocycles. The molecule has 26 heavy (non-hydrogen) atoms. The van der Waals surface area contributed by atoms with Crippen molar-refractivity contribution in [1.29, 1.82) is 0 Å². The van der Waals surface area contributed by atoms with Gasteiger partial charge in [-0.05, 0) is 24.5 Å². The molecule has 2 N–H and O–H groups in total. The lowest BCUT2D eigenvalue weighted by molar-refractivity contribution is -0.119. The summed E-state index contributed by atoms with van der Waals surface area (Å²) in [7, 11) is 0. The summed E-state index contributed by atoms with van der Waals surface area (Å²) in [6, 6.07) is 18.5. The second-order valence-corrected chi connectivity index (χ2v) is 7.45. The minimum Gasteiger partial charge on any atom is -0.376 e. The number of benzene rings is 2. The lowest BCUT2D eigenvalue weighted by Crippen LogP contribution is -2.32. The minimum atomic E-state index is 0.0507. The van der Waals surface area contributed by atoms with Crippen molar-refractivity contribution in [1.82, 2.24) is 10.3 Å². The predicted octanol–water partition coefficient (Wildman–Crippen LogP) is 4.22. The Bertz CT molecular complexity index is 885. The molecule has 4 rings (SSSR count). The summed E-state index contributed by atoms with van der Waals surface area (Å²) in [5, 5.41) is 4.16. The Labute approximate surface area is 157 Å². The lowest BCUT2D eigenvalue weighted by Gasteiger charge is -2.11. The van der Waals surface area contributed by atoms with Crippen LogP contribution in [0.15, 0.2) is 59.5 Å². The van der Waals surface area contributed by atoms with Gasteiger partial charge in [-0.2, -0.15) is 0 Å². The first kappa shape index (κ1) is 17.2. The average molecular weight is 366 g/mol. The van der Waals surface area contributed by atoms with E-state index >= 15 is 0 Å². The van der Waals surface area contributed by atoms with Gasteiger partial charge in [0.2, 0.25) is 5.91 Å². The summed E-state index contributed by atoms with van der Waals surface area (Å²) in [5.74, 6) is 0.448. The molecule has 1 unspecified atom stereocenters. The second-order valence-electron chi connectivity index (χ2n) is 6.47. The van der Waals surface area contributed by atoms with Gasteiger partial charge in [0.05, 0.1) is 17.6 Å². The standard InChI is InChI=1S/C21H22N2O2S/c24-19(22-13-16-9-6-12-25-16)14-26-21-17-10-4-5-11-18(17)23-20(21)15-7-2-1-3-8-15/h1-5,7-8,10-11,16,23H,6,9,12-14H2,(H,22,24). The summed E-state index contributed by atoms with van der Waals surface area (Å²) in [6.07, 6.45) is 2.30. The molecule has 1 aliphatic rings. The maximum atomic E-state index is 12.3. The highest BCUT2D eigenvalue weighted by molar-refractivity contribution is 8.00. The Kier molecular flexibility index (Phi) is 5.27. The number of thioether (sulfide) groups is 1. The van der Waals surface area contributed by atoms with E-state index in [-0.39, 0.29) is 12.0 Å². The normalized spacial score (nSPS) is 16.8. The second kappa shape index (κ2) is 7.98. The minimum absolute atomic E-state index is 0.0507. The molecule has 2 heterocycles. The van der Waals surface area contributed by atoms with Crippen molar-refractivity contribution in [3.63, 3.8) is 0 Å². The van der Waals surface area contributed by atoms with E-state index in [0.717, 1.165) is 46.5 Å². The number of ether oxygens (including phenoxy) is 1. The number of hydrogen-bond acceptors (Lipinski definition) is 3. The quantitative estimate of drug-likeness (QED) is 0.642. The van der Waals surface area contributed by atoms with Crippen LogP contribution in [0.5, 0.6) is 0 Å². The molecule has 1 aromatic heterocycles. The molecule has 1 saturated heterocycles. The van der Waals surface area contributed by atoms with E-state index in [1.807, 2.05) is 30.3 Å². The number of amides is 1. The maximum Gasteiger partial charge on any atom is 0.230 e. The van der Waals surface area contributed by atoms with Gasteiger partial charge in [0.15, 0.2) is 0 Å². The molecule has 1 amide bonds. The fourth-order valence-corrected chi connectivity index (χ4v) is 4.32. The molecule has 0 bridgehead atoms. The van der Waals surface area contributed by atoms with Gasteiger partial charge in [0.25, 0.3) is 0 Å². The van der Waals surface area contributed by atoms with E-state index in [4.69, 9.17) is 4.74 Å². The molecule has 1 aliphatic heterocycles. The third-order valence-electron chi connectivity index (χ3n) is 4.62. The monoisotopic (exact) mass is 366 g/mol. The summed E-state index contributed by atoms with van der Waals surface area (Å²) in [5.41, 5.74) is 3.29. The number of aromatic nitrogens is 1. The molecule has 2 aromatic carbocycles. The SMILES string of the molecule is O=C(CSc1c(-c2ccccc2)[nH]c2ccccc12)NCC1CCCO1. The van der Waals surface area contributed by atoms with Crippen LogP contribution in [0.3, 0.4) is 0 Å². The molecule has 1 atom stereocenters. The van der Waals surface area contributed by atoms with Gasteiger partial charge in [-0.1, -0.05) is 48.5 Å².